The van der Waals surface area contributed by atoms with Crippen molar-refractivity contribution in [2.45, 2.75) is 0 Å². The fourth-order valence-corrected chi connectivity index (χ4v) is 4.59. The summed E-state index contributed by atoms with van der Waals surface area (Å²) in [7, 11) is 0. The van der Waals surface area contributed by atoms with Crippen molar-refractivity contribution in [3.05, 3.63) is 101 Å². The van der Waals surface area contributed by atoms with Crippen LogP contribution in [0.15, 0.2) is 90.1 Å². The summed E-state index contributed by atoms with van der Waals surface area (Å²) in [6, 6.07) is 22.7. The lowest BCUT2D eigenvalue weighted by Crippen LogP contribution is -2.54. The van der Waals surface area contributed by atoms with E-state index in [0.717, 1.165) is 4.90 Å². The van der Waals surface area contributed by atoms with E-state index in [1.807, 2.05) is 30.3 Å². The molecule has 41 heavy (non-hydrogen) atoms. The van der Waals surface area contributed by atoms with Gasteiger partial charge >= 0.3 is 5.97 Å². The van der Waals surface area contributed by atoms with E-state index in [-0.39, 0.29) is 21.5 Å². The largest absolute Gasteiger partial charge is 0.480 e. The van der Waals surface area contributed by atoms with Gasteiger partial charge in [-0.25, -0.2) is 0 Å². The molecule has 3 aromatic carbocycles. The minimum atomic E-state index is -1.18. The Morgan fingerprint density at radius 1 is 0.780 bits per heavy atom. The van der Waals surface area contributed by atoms with Crippen LogP contribution in [0, 0.1) is 0 Å². The fraction of sp³-hybridized carbons (Fsp3) is 0.0345. The number of benzene rings is 3. The first-order valence-electron chi connectivity index (χ1n) is 12.1. The van der Waals surface area contributed by atoms with Crippen LogP contribution in [0.4, 0.5) is 5.69 Å². The maximum Gasteiger partial charge on any atom is 0.323 e. The molecule has 3 N–H and O–H groups in total. The number of hydrogen-bond donors (Lipinski definition) is 3. The number of nitrogens with one attached hydrogen (secondary N) is 2. The monoisotopic (exact) mass is 584 g/mol. The Balaban J connectivity index is 1.33. The number of para-hydroxylation sites is 1. The van der Waals surface area contributed by atoms with Crippen LogP contribution in [-0.4, -0.2) is 50.5 Å². The minimum Gasteiger partial charge on any atom is -0.480 e. The van der Waals surface area contributed by atoms with Crippen molar-refractivity contribution in [3.63, 3.8) is 0 Å². The highest BCUT2D eigenvalue weighted by Crippen LogP contribution is 2.27. The highest BCUT2D eigenvalue weighted by molar-refractivity contribution is 7.80. The quantitative estimate of drug-likeness (QED) is 0.217. The molecule has 3 amide bonds. The van der Waals surface area contributed by atoms with Gasteiger partial charge < -0.3 is 15.2 Å². The third-order valence-electron chi connectivity index (χ3n) is 5.99. The normalized spacial score (nSPS) is 17.2. The number of carbonyl (C=O) groups is 4. The Bertz CT molecular complexity index is 1650. The van der Waals surface area contributed by atoms with Crippen molar-refractivity contribution in [2.24, 2.45) is 0 Å². The first-order chi connectivity index (χ1) is 19.7. The van der Waals surface area contributed by atoms with Crippen molar-refractivity contribution < 1.29 is 29.0 Å². The van der Waals surface area contributed by atoms with Crippen LogP contribution < -0.4 is 20.3 Å². The molecule has 2 heterocycles. The average molecular weight is 585 g/mol. The first-order valence-corrected chi connectivity index (χ1v) is 12.9. The third-order valence-corrected chi connectivity index (χ3v) is 6.60. The summed E-state index contributed by atoms with van der Waals surface area (Å²) >= 11 is 10.3. The van der Waals surface area contributed by atoms with E-state index in [0.29, 0.717) is 28.3 Å². The number of amides is 3. The van der Waals surface area contributed by atoms with Gasteiger partial charge in [0.1, 0.15) is 29.3 Å². The van der Waals surface area contributed by atoms with E-state index in [2.05, 4.69) is 10.6 Å². The van der Waals surface area contributed by atoms with Crippen molar-refractivity contribution in [1.29, 1.82) is 0 Å². The molecular weight excluding hydrogens is 564 g/mol. The number of carboxylic acid groups (broad SMARTS) is 1. The van der Waals surface area contributed by atoms with Crippen molar-refractivity contribution in [1.82, 2.24) is 15.5 Å². The number of aliphatic carboxylic acids is 1. The molecule has 2 saturated heterocycles. The van der Waals surface area contributed by atoms with E-state index < -0.39 is 30.2 Å². The van der Waals surface area contributed by atoms with Crippen LogP contribution in [0.2, 0.25) is 0 Å². The third kappa shape index (κ3) is 6.03. The lowest BCUT2D eigenvalue weighted by Gasteiger charge is -2.29. The molecule has 12 heteroatoms. The van der Waals surface area contributed by atoms with Crippen LogP contribution in [-0.2, 0) is 19.2 Å². The Kier molecular flexibility index (Phi) is 7.68. The maximum absolute atomic E-state index is 13.4. The molecular formula is C29H20N4O6S2. The molecule has 0 aromatic heterocycles. The lowest BCUT2D eigenvalue weighted by atomic mass is 10.0. The maximum atomic E-state index is 13.4. The van der Waals surface area contributed by atoms with Gasteiger partial charge in [0.15, 0.2) is 10.2 Å². The van der Waals surface area contributed by atoms with E-state index in [4.69, 9.17) is 34.3 Å². The molecule has 0 atom stereocenters. The second-order valence-corrected chi connectivity index (χ2v) is 9.58. The summed E-state index contributed by atoms with van der Waals surface area (Å²) in [5, 5.41) is 14.2. The fourth-order valence-electron chi connectivity index (χ4n) is 4.05. The van der Waals surface area contributed by atoms with Gasteiger partial charge in [-0.2, -0.15) is 0 Å². The van der Waals surface area contributed by atoms with Crippen LogP contribution in [0.5, 0.6) is 11.5 Å². The smallest absolute Gasteiger partial charge is 0.323 e. The Hall–Kier alpha value is -5.20. The number of thiocarbonyl (C=S) groups is 2. The highest BCUT2D eigenvalue weighted by Gasteiger charge is 2.35. The molecule has 204 valence electrons. The summed E-state index contributed by atoms with van der Waals surface area (Å²) in [6.45, 7) is -0.545. The van der Waals surface area contributed by atoms with Crippen molar-refractivity contribution in [2.75, 3.05) is 11.4 Å². The lowest BCUT2D eigenvalue weighted by molar-refractivity contribution is -0.140. The van der Waals surface area contributed by atoms with Gasteiger partial charge in [-0.3, -0.25) is 34.3 Å². The Morgan fingerprint density at radius 2 is 1.39 bits per heavy atom. The summed E-state index contributed by atoms with van der Waals surface area (Å²) in [5.74, 6) is -1.72. The number of carboxylic acids is 1. The number of carbonyl (C=O) groups excluding carboxylic acids is 3. The number of anilines is 1. The molecule has 0 saturated carbocycles. The van der Waals surface area contributed by atoms with Crippen molar-refractivity contribution >= 4 is 76.2 Å². The summed E-state index contributed by atoms with van der Waals surface area (Å²) < 4.78 is 5.80. The minimum absolute atomic E-state index is 0.00709. The average Bonchev–Trinajstić information content (AvgIpc) is 3.20. The Morgan fingerprint density at radius 3 is 2.02 bits per heavy atom. The zero-order valence-corrected chi connectivity index (χ0v) is 22.7. The molecule has 2 aliphatic heterocycles. The standard InChI is InChI=1S/C29H20N4O6S2/c34-24(35)16-32-27(38)23(30-28(32)40)15-18-8-6-17(7-9-18)14-22-25(36)31-29(41)33(26(22)37)19-10-12-21(13-11-19)39-20-4-2-1-3-5-20/h1-15H,16H2,(H,30,40)(H,34,35)(H,31,36,41). The number of nitrogens with zero attached hydrogens (tertiary/aromatic N) is 2. The predicted octanol–water partition coefficient (Wildman–Crippen LogP) is 3.45. The second kappa shape index (κ2) is 11.5. The Labute approximate surface area is 244 Å². The summed E-state index contributed by atoms with van der Waals surface area (Å²) in [4.78, 5) is 51.7. The van der Waals surface area contributed by atoms with E-state index in [1.165, 1.54) is 17.1 Å². The first kappa shape index (κ1) is 27.4. The molecule has 0 aliphatic carbocycles. The van der Waals surface area contributed by atoms with E-state index >= 15 is 0 Å². The molecule has 0 bridgehead atoms. The number of rotatable bonds is 7. The second-order valence-electron chi connectivity index (χ2n) is 8.81. The van der Waals surface area contributed by atoms with Gasteiger partial charge in [0.2, 0.25) is 0 Å². The number of hydrogen-bond acceptors (Lipinski definition) is 7. The topological polar surface area (TPSA) is 128 Å². The van der Waals surface area contributed by atoms with Crippen LogP contribution >= 0.6 is 24.4 Å². The molecule has 3 aromatic rings. The predicted molar refractivity (Wildman–Crippen MR) is 159 cm³/mol. The van der Waals surface area contributed by atoms with Crippen LogP contribution in [0.25, 0.3) is 12.2 Å². The molecule has 2 aliphatic rings. The van der Waals surface area contributed by atoms with Crippen molar-refractivity contribution in [3.8, 4) is 11.5 Å². The van der Waals surface area contributed by atoms with Gasteiger partial charge in [-0.15, -0.1) is 0 Å². The molecule has 0 spiro atoms. The van der Waals surface area contributed by atoms with Gasteiger partial charge in [0, 0.05) is 0 Å². The van der Waals surface area contributed by atoms with E-state index in [1.54, 1.807) is 48.5 Å². The summed E-state index contributed by atoms with van der Waals surface area (Å²) in [5.41, 5.74) is 1.64. The van der Waals surface area contributed by atoms with Crippen LogP contribution in [0.1, 0.15) is 11.1 Å². The van der Waals surface area contributed by atoms with Gasteiger partial charge in [-0.1, -0.05) is 42.5 Å². The zero-order valence-electron chi connectivity index (χ0n) is 21.1. The SMILES string of the molecule is O=C(O)CN1C(=O)C(=Cc2ccc(C=C3C(=O)NC(=S)N(c4ccc(Oc5ccccc5)cc4)C3=O)cc2)NC1=S. The molecule has 5 rings (SSSR count). The molecule has 0 unspecified atom stereocenters. The van der Waals surface area contributed by atoms with Gasteiger partial charge in [-0.05, 0) is 84.1 Å². The molecule has 10 nitrogen and oxygen atoms in total. The van der Waals surface area contributed by atoms with Crippen LogP contribution in [0.3, 0.4) is 0 Å². The summed E-state index contributed by atoms with van der Waals surface area (Å²) in [6.07, 6.45) is 2.97. The molecule has 2 fully saturated rings. The zero-order chi connectivity index (χ0) is 29.1. The number of ether oxygens (including phenoxy) is 1. The van der Waals surface area contributed by atoms with Gasteiger partial charge in [0.05, 0.1) is 5.69 Å². The molecule has 0 radical (unpaired) electrons. The van der Waals surface area contributed by atoms with Gasteiger partial charge in [0.25, 0.3) is 17.7 Å². The highest BCUT2D eigenvalue weighted by atomic mass is 32.1. The van der Waals surface area contributed by atoms with E-state index in [9.17, 15) is 19.2 Å².